The molecule has 0 saturated carbocycles. The molecule has 3 rings (SSSR count). The van der Waals surface area contributed by atoms with E-state index in [4.69, 9.17) is 23.2 Å². The van der Waals surface area contributed by atoms with Crippen molar-refractivity contribution in [3.63, 3.8) is 0 Å². The SMILES string of the molecule is CCC(C)NC(=O)C(C)N(Cc1ccc(Cl)cc1Cl)C(=O)CN(c1ccccc1)S(=O)(=O)c1ccccc1. The van der Waals surface area contributed by atoms with Crippen molar-refractivity contribution >= 4 is 50.7 Å². The second-order valence-corrected chi connectivity index (χ2v) is 11.6. The summed E-state index contributed by atoms with van der Waals surface area (Å²) < 4.78 is 28.4. The molecule has 38 heavy (non-hydrogen) atoms. The highest BCUT2D eigenvalue weighted by Gasteiger charge is 2.33. The van der Waals surface area contributed by atoms with Crippen LogP contribution in [-0.2, 0) is 26.2 Å². The minimum atomic E-state index is -4.10. The Morgan fingerprint density at radius 1 is 0.921 bits per heavy atom. The fourth-order valence-electron chi connectivity index (χ4n) is 3.72. The summed E-state index contributed by atoms with van der Waals surface area (Å²) >= 11 is 12.4. The highest BCUT2D eigenvalue weighted by molar-refractivity contribution is 7.92. The van der Waals surface area contributed by atoms with Crippen LogP contribution in [0.5, 0.6) is 0 Å². The molecule has 202 valence electrons. The highest BCUT2D eigenvalue weighted by atomic mass is 35.5. The minimum Gasteiger partial charge on any atom is -0.352 e. The number of carbonyl (C=O) groups excluding carboxylic acids is 2. The Kier molecular flexibility index (Phi) is 10.2. The van der Waals surface area contributed by atoms with E-state index in [2.05, 4.69) is 5.32 Å². The Bertz CT molecular complexity index is 1360. The van der Waals surface area contributed by atoms with Crippen LogP contribution in [0.25, 0.3) is 0 Å². The van der Waals surface area contributed by atoms with Crippen LogP contribution in [0.15, 0.2) is 83.8 Å². The summed E-state index contributed by atoms with van der Waals surface area (Å²) in [6, 6.07) is 20.2. The van der Waals surface area contributed by atoms with Gasteiger partial charge in [-0.25, -0.2) is 8.42 Å². The van der Waals surface area contributed by atoms with E-state index in [1.54, 1.807) is 73.7 Å². The predicted octanol–water partition coefficient (Wildman–Crippen LogP) is 5.52. The largest absolute Gasteiger partial charge is 0.352 e. The first-order valence-corrected chi connectivity index (χ1v) is 14.4. The summed E-state index contributed by atoms with van der Waals surface area (Å²) in [6.45, 7) is 4.89. The number of rotatable bonds is 11. The highest BCUT2D eigenvalue weighted by Crippen LogP contribution is 2.26. The number of nitrogens with zero attached hydrogens (tertiary/aromatic N) is 2. The zero-order valence-corrected chi connectivity index (χ0v) is 23.8. The van der Waals surface area contributed by atoms with Crippen molar-refractivity contribution in [1.29, 1.82) is 0 Å². The Balaban J connectivity index is 2.01. The van der Waals surface area contributed by atoms with Crippen molar-refractivity contribution < 1.29 is 18.0 Å². The molecule has 10 heteroatoms. The molecule has 0 radical (unpaired) electrons. The van der Waals surface area contributed by atoms with Gasteiger partial charge in [0.1, 0.15) is 12.6 Å². The maximum atomic E-state index is 13.9. The van der Waals surface area contributed by atoms with E-state index in [0.717, 1.165) is 4.31 Å². The van der Waals surface area contributed by atoms with E-state index in [1.165, 1.54) is 17.0 Å². The molecule has 2 atom stereocenters. The third kappa shape index (κ3) is 7.28. The molecule has 1 N–H and O–H groups in total. The third-order valence-corrected chi connectivity index (χ3v) is 8.55. The lowest BCUT2D eigenvalue weighted by Gasteiger charge is -2.32. The van der Waals surface area contributed by atoms with Gasteiger partial charge >= 0.3 is 0 Å². The number of amides is 2. The monoisotopic (exact) mass is 575 g/mol. The van der Waals surface area contributed by atoms with Crippen LogP contribution in [0.4, 0.5) is 5.69 Å². The van der Waals surface area contributed by atoms with E-state index in [9.17, 15) is 18.0 Å². The fourth-order valence-corrected chi connectivity index (χ4v) is 5.63. The van der Waals surface area contributed by atoms with Gasteiger partial charge in [0.25, 0.3) is 10.0 Å². The van der Waals surface area contributed by atoms with Crippen LogP contribution >= 0.6 is 23.2 Å². The number of nitrogens with one attached hydrogen (secondary N) is 1. The smallest absolute Gasteiger partial charge is 0.264 e. The summed E-state index contributed by atoms with van der Waals surface area (Å²) in [6.07, 6.45) is 0.715. The van der Waals surface area contributed by atoms with E-state index < -0.39 is 28.5 Å². The molecule has 3 aromatic carbocycles. The van der Waals surface area contributed by atoms with Crippen molar-refractivity contribution in [2.24, 2.45) is 0 Å². The second-order valence-electron chi connectivity index (χ2n) is 8.91. The van der Waals surface area contributed by atoms with Gasteiger partial charge in [0.15, 0.2) is 0 Å². The summed E-state index contributed by atoms with van der Waals surface area (Å²) in [5.74, 6) is -0.916. The molecule has 0 aliphatic carbocycles. The average Bonchev–Trinajstić information content (AvgIpc) is 2.91. The second kappa shape index (κ2) is 13.1. The number of para-hydroxylation sites is 1. The molecular formula is C28H31Cl2N3O4S. The average molecular weight is 577 g/mol. The molecule has 0 aliphatic rings. The molecular weight excluding hydrogens is 545 g/mol. The third-order valence-electron chi connectivity index (χ3n) is 6.18. The normalized spacial score (nSPS) is 12.9. The molecule has 0 aliphatic heterocycles. The molecule has 0 bridgehead atoms. The van der Waals surface area contributed by atoms with Crippen molar-refractivity contribution in [3.8, 4) is 0 Å². The Morgan fingerprint density at radius 3 is 2.11 bits per heavy atom. The Hall–Kier alpha value is -3.07. The lowest BCUT2D eigenvalue weighted by atomic mass is 10.1. The number of sulfonamides is 1. The topological polar surface area (TPSA) is 86.8 Å². The summed E-state index contributed by atoms with van der Waals surface area (Å²) in [7, 11) is -4.10. The molecule has 0 heterocycles. The number of hydrogen-bond donors (Lipinski definition) is 1. The Labute approximate surface area is 234 Å². The van der Waals surface area contributed by atoms with Gasteiger partial charge in [0.05, 0.1) is 10.6 Å². The molecule has 0 saturated heterocycles. The number of anilines is 1. The minimum absolute atomic E-state index is 0.0159. The fraction of sp³-hybridized carbons (Fsp3) is 0.286. The van der Waals surface area contributed by atoms with E-state index in [0.29, 0.717) is 27.7 Å². The Morgan fingerprint density at radius 2 is 1.53 bits per heavy atom. The number of benzene rings is 3. The van der Waals surface area contributed by atoms with Gasteiger partial charge in [0, 0.05) is 22.6 Å². The van der Waals surface area contributed by atoms with Crippen molar-refractivity contribution in [2.75, 3.05) is 10.8 Å². The van der Waals surface area contributed by atoms with Gasteiger partial charge in [-0.3, -0.25) is 13.9 Å². The van der Waals surface area contributed by atoms with Crippen LogP contribution in [0.3, 0.4) is 0 Å². The van der Waals surface area contributed by atoms with Crippen molar-refractivity contribution in [1.82, 2.24) is 10.2 Å². The van der Waals surface area contributed by atoms with E-state index >= 15 is 0 Å². The van der Waals surface area contributed by atoms with Gasteiger partial charge in [-0.15, -0.1) is 0 Å². The molecule has 2 unspecified atom stereocenters. The molecule has 2 amide bonds. The lowest BCUT2D eigenvalue weighted by molar-refractivity contribution is -0.139. The van der Waals surface area contributed by atoms with Crippen LogP contribution in [0, 0.1) is 0 Å². The van der Waals surface area contributed by atoms with Gasteiger partial charge < -0.3 is 10.2 Å². The van der Waals surface area contributed by atoms with Gasteiger partial charge in [-0.1, -0.05) is 72.6 Å². The van der Waals surface area contributed by atoms with Crippen molar-refractivity contribution in [3.05, 3.63) is 94.5 Å². The zero-order valence-electron chi connectivity index (χ0n) is 21.5. The molecule has 0 spiro atoms. The standard InChI is InChI=1S/C28H31Cl2N3O4S/c1-4-20(2)31-28(35)21(3)32(18-22-15-16-23(29)17-26(22)30)27(34)19-33(24-11-7-5-8-12-24)38(36,37)25-13-9-6-10-14-25/h5-17,20-21H,4,18-19H2,1-3H3,(H,31,35). The molecule has 3 aromatic rings. The molecule has 0 fully saturated rings. The first-order valence-electron chi connectivity index (χ1n) is 12.2. The first kappa shape index (κ1) is 29.5. The predicted molar refractivity (Wildman–Crippen MR) is 152 cm³/mol. The van der Waals surface area contributed by atoms with E-state index in [1.807, 2.05) is 13.8 Å². The zero-order chi connectivity index (χ0) is 27.9. The van der Waals surface area contributed by atoms with Crippen LogP contribution in [-0.4, -0.2) is 43.8 Å². The van der Waals surface area contributed by atoms with Crippen LogP contribution < -0.4 is 9.62 Å². The summed E-state index contributed by atoms with van der Waals surface area (Å²) in [4.78, 5) is 28.3. The quantitative estimate of drug-likeness (QED) is 0.326. The maximum absolute atomic E-state index is 13.9. The molecule has 0 aromatic heterocycles. The van der Waals surface area contributed by atoms with Crippen LogP contribution in [0.2, 0.25) is 10.0 Å². The number of halogens is 2. The maximum Gasteiger partial charge on any atom is 0.264 e. The van der Waals surface area contributed by atoms with Gasteiger partial charge in [-0.05, 0) is 62.2 Å². The number of carbonyl (C=O) groups is 2. The lowest BCUT2D eigenvalue weighted by Crippen LogP contribution is -2.52. The van der Waals surface area contributed by atoms with E-state index in [-0.39, 0.29) is 23.4 Å². The number of hydrogen-bond acceptors (Lipinski definition) is 4. The summed E-state index contributed by atoms with van der Waals surface area (Å²) in [5, 5.41) is 3.67. The van der Waals surface area contributed by atoms with Crippen molar-refractivity contribution in [2.45, 2.75) is 50.7 Å². The summed E-state index contributed by atoms with van der Waals surface area (Å²) in [5.41, 5.74) is 0.899. The van der Waals surface area contributed by atoms with Gasteiger partial charge in [-0.2, -0.15) is 0 Å². The molecule has 7 nitrogen and oxygen atoms in total. The first-order chi connectivity index (χ1) is 18.0. The van der Waals surface area contributed by atoms with Gasteiger partial charge in [0.2, 0.25) is 11.8 Å². The van der Waals surface area contributed by atoms with Crippen LogP contribution in [0.1, 0.15) is 32.8 Å².